The van der Waals surface area contributed by atoms with Gasteiger partial charge in [0, 0.05) is 0 Å². The third-order valence-electron chi connectivity index (χ3n) is 2.77. The van der Waals surface area contributed by atoms with Gasteiger partial charge in [0.1, 0.15) is 0 Å². The SMILES string of the molecule is O=C=Nc1cc2c(c(N=C=O)c1)CCCC2. The maximum atomic E-state index is 10.3. The van der Waals surface area contributed by atoms with Crippen molar-refractivity contribution in [2.75, 3.05) is 0 Å². The van der Waals surface area contributed by atoms with Gasteiger partial charge in [-0.2, -0.15) is 9.98 Å². The van der Waals surface area contributed by atoms with E-state index in [1.165, 1.54) is 12.2 Å². The third-order valence-corrected chi connectivity index (χ3v) is 2.77. The van der Waals surface area contributed by atoms with Crippen molar-refractivity contribution in [3.63, 3.8) is 0 Å². The molecule has 0 fully saturated rings. The molecule has 1 aromatic carbocycles. The second-order valence-corrected chi connectivity index (χ2v) is 3.72. The molecule has 80 valence electrons. The van der Waals surface area contributed by atoms with Crippen LogP contribution in [-0.4, -0.2) is 12.2 Å². The highest BCUT2D eigenvalue weighted by molar-refractivity contribution is 5.65. The van der Waals surface area contributed by atoms with Crippen molar-refractivity contribution in [2.24, 2.45) is 9.98 Å². The summed E-state index contributed by atoms with van der Waals surface area (Å²) in [6.45, 7) is 0. The monoisotopic (exact) mass is 214 g/mol. The molecule has 0 spiro atoms. The van der Waals surface area contributed by atoms with Crippen LogP contribution in [0.1, 0.15) is 24.0 Å². The average molecular weight is 214 g/mol. The van der Waals surface area contributed by atoms with Crippen molar-refractivity contribution < 1.29 is 9.59 Å². The normalized spacial score (nSPS) is 13.2. The first-order valence-electron chi connectivity index (χ1n) is 5.16. The molecule has 1 aliphatic rings. The minimum atomic E-state index is 0.504. The van der Waals surface area contributed by atoms with Gasteiger partial charge in [-0.25, -0.2) is 9.59 Å². The number of aliphatic imine (C=N–C) groups is 2. The number of rotatable bonds is 2. The van der Waals surface area contributed by atoms with E-state index in [0.29, 0.717) is 11.4 Å². The molecule has 0 radical (unpaired) electrons. The van der Waals surface area contributed by atoms with Gasteiger partial charge in [0.2, 0.25) is 12.2 Å². The summed E-state index contributed by atoms with van der Waals surface area (Å²) in [6.07, 6.45) is 7.11. The van der Waals surface area contributed by atoms with Crippen molar-refractivity contribution in [2.45, 2.75) is 25.7 Å². The summed E-state index contributed by atoms with van der Waals surface area (Å²) < 4.78 is 0. The zero-order chi connectivity index (χ0) is 11.4. The Morgan fingerprint density at radius 3 is 2.50 bits per heavy atom. The minimum Gasteiger partial charge on any atom is -0.211 e. The summed E-state index contributed by atoms with van der Waals surface area (Å²) in [5.74, 6) is 0. The molecule has 0 saturated carbocycles. The first-order valence-corrected chi connectivity index (χ1v) is 5.16. The minimum absolute atomic E-state index is 0.504. The molecule has 0 N–H and O–H groups in total. The van der Waals surface area contributed by atoms with Gasteiger partial charge in [-0.05, 0) is 48.9 Å². The van der Waals surface area contributed by atoms with Crippen LogP contribution >= 0.6 is 0 Å². The number of nitrogens with zero attached hydrogens (tertiary/aromatic N) is 2. The zero-order valence-corrected chi connectivity index (χ0v) is 8.69. The predicted octanol–water partition coefficient (Wildman–Crippen LogP) is 2.50. The molecule has 0 aromatic heterocycles. The molecule has 1 aliphatic carbocycles. The zero-order valence-electron chi connectivity index (χ0n) is 8.69. The molecule has 0 aliphatic heterocycles. The molecule has 0 bridgehead atoms. The van der Waals surface area contributed by atoms with Crippen molar-refractivity contribution in [3.05, 3.63) is 23.3 Å². The summed E-state index contributed by atoms with van der Waals surface area (Å²) in [6, 6.07) is 3.49. The second kappa shape index (κ2) is 4.67. The average Bonchev–Trinajstić information content (AvgIpc) is 2.30. The highest BCUT2D eigenvalue weighted by Gasteiger charge is 2.14. The van der Waals surface area contributed by atoms with Crippen LogP contribution in [0.2, 0.25) is 0 Å². The van der Waals surface area contributed by atoms with E-state index in [9.17, 15) is 9.59 Å². The lowest BCUT2D eigenvalue weighted by molar-refractivity contribution is 0.564. The topological polar surface area (TPSA) is 58.9 Å². The summed E-state index contributed by atoms with van der Waals surface area (Å²) in [5.41, 5.74) is 3.29. The maximum absolute atomic E-state index is 10.3. The molecule has 1 aromatic rings. The van der Waals surface area contributed by atoms with Gasteiger partial charge >= 0.3 is 0 Å². The van der Waals surface area contributed by atoms with Gasteiger partial charge in [0.15, 0.2) is 0 Å². The summed E-state index contributed by atoms with van der Waals surface area (Å²) in [7, 11) is 0. The predicted molar refractivity (Wildman–Crippen MR) is 58.6 cm³/mol. The Hall–Kier alpha value is -2.02. The van der Waals surface area contributed by atoms with Gasteiger partial charge in [0.05, 0.1) is 11.4 Å². The molecule has 0 amide bonds. The lowest BCUT2D eigenvalue weighted by Crippen LogP contribution is -2.02. The second-order valence-electron chi connectivity index (χ2n) is 3.72. The van der Waals surface area contributed by atoms with E-state index in [1.807, 2.05) is 6.07 Å². The molecule has 16 heavy (non-hydrogen) atoms. The molecule has 4 heteroatoms. The molecule has 0 heterocycles. The molecular weight excluding hydrogens is 204 g/mol. The quantitative estimate of drug-likeness (QED) is 0.561. The first-order chi connectivity index (χ1) is 7.85. The van der Waals surface area contributed by atoms with E-state index in [1.54, 1.807) is 6.07 Å². The standard InChI is InChI=1S/C12H10N2O2/c15-7-13-10-5-9-3-1-2-4-11(9)12(6-10)14-8-16/h5-6H,1-4H2. The van der Waals surface area contributed by atoms with Gasteiger partial charge in [-0.1, -0.05) is 0 Å². The van der Waals surface area contributed by atoms with Crippen LogP contribution in [0.3, 0.4) is 0 Å². The Bertz CT molecular complexity index is 510. The van der Waals surface area contributed by atoms with E-state index < -0.39 is 0 Å². The van der Waals surface area contributed by atoms with Crippen molar-refractivity contribution in [1.82, 2.24) is 0 Å². The molecule has 0 saturated heterocycles. The maximum Gasteiger partial charge on any atom is 0.240 e. The van der Waals surface area contributed by atoms with Crippen LogP contribution in [0.25, 0.3) is 0 Å². The lowest BCUT2D eigenvalue weighted by atomic mass is 9.90. The van der Waals surface area contributed by atoms with Crippen LogP contribution in [0, 0.1) is 0 Å². The Labute approximate surface area is 92.7 Å². The Morgan fingerprint density at radius 2 is 1.75 bits per heavy atom. The number of carbonyl (C=O) groups excluding carboxylic acids is 2. The number of aryl methyl sites for hydroxylation is 1. The van der Waals surface area contributed by atoms with E-state index in [-0.39, 0.29) is 0 Å². The number of benzene rings is 1. The fraction of sp³-hybridized carbons (Fsp3) is 0.333. The lowest BCUT2D eigenvalue weighted by Gasteiger charge is -2.17. The van der Waals surface area contributed by atoms with E-state index in [0.717, 1.165) is 36.8 Å². The van der Waals surface area contributed by atoms with Crippen LogP contribution in [0.5, 0.6) is 0 Å². The largest absolute Gasteiger partial charge is 0.240 e. The van der Waals surface area contributed by atoms with Crippen LogP contribution in [-0.2, 0) is 22.4 Å². The Balaban J connectivity index is 2.60. The Kier molecular flexibility index (Phi) is 3.06. The number of hydrogen-bond donors (Lipinski definition) is 0. The highest BCUT2D eigenvalue weighted by atomic mass is 16.1. The summed E-state index contributed by atoms with van der Waals surface area (Å²) in [5, 5.41) is 0. The number of fused-ring (bicyclic) bond motifs is 1. The van der Waals surface area contributed by atoms with Gasteiger partial charge in [-0.3, -0.25) is 0 Å². The molecular formula is C12H10N2O2. The van der Waals surface area contributed by atoms with E-state index >= 15 is 0 Å². The highest BCUT2D eigenvalue weighted by Crippen LogP contribution is 2.33. The van der Waals surface area contributed by atoms with Crippen molar-refractivity contribution in [1.29, 1.82) is 0 Å². The molecule has 2 rings (SSSR count). The third kappa shape index (κ3) is 1.98. The number of isocyanates is 2. The van der Waals surface area contributed by atoms with Gasteiger partial charge in [0.25, 0.3) is 0 Å². The summed E-state index contributed by atoms with van der Waals surface area (Å²) >= 11 is 0. The molecule has 4 nitrogen and oxygen atoms in total. The Morgan fingerprint density at radius 1 is 1.00 bits per heavy atom. The summed E-state index contributed by atoms with van der Waals surface area (Å²) in [4.78, 5) is 27.8. The van der Waals surface area contributed by atoms with Crippen molar-refractivity contribution in [3.8, 4) is 0 Å². The fourth-order valence-corrected chi connectivity index (χ4v) is 2.09. The molecule has 0 atom stereocenters. The van der Waals surface area contributed by atoms with Gasteiger partial charge < -0.3 is 0 Å². The first kappa shape index (κ1) is 10.5. The van der Waals surface area contributed by atoms with Crippen LogP contribution < -0.4 is 0 Å². The van der Waals surface area contributed by atoms with Gasteiger partial charge in [-0.15, -0.1) is 0 Å². The number of hydrogen-bond acceptors (Lipinski definition) is 4. The van der Waals surface area contributed by atoms with Crippen molar-refractivity contribution >= 4 is 23.5 Å². The smallest absolute Gasteiger partial charge is 0.211 e. The van der Waals surface area contributed by atoms with E-state index in [2.05, 4.69) is 9.98 Å². The van der Waals surface area contributed by atoms with Crippen LogP contribution in [0.15, 0.2) is 22.1 Å². The van der Waals surface area contributed by atoms with Crippen LogP contribution in [0.4, 0.5) is 11.4 Å². The molecule has 0 unspecified atom stereocenters. The fourth-order valence-electron chi connectivity index (χ4n) is 2.09. The van der Waals surface area contributed by atoms with E-state index in [4.69, 9.17) is 0 Å².